The van der Waals surface area contributed by atoms with Crippen molar-refractivity contribution in [2.45, 2.75) is 70.6 Å². The Kier molecular flexibility index (Phi) is 6.51. The maximum Gasteiger partial charge on any atom is 0.0991 e. The maximum atomic E-state index is 8.94. The number of hydrogen-bond acceptors (Lipinski definition) is 1. The number of nitriles is 1. The van der Waals surface area contributed by atoms with Gasteiger partial charge in [0.15, 0.2) is 0 Å². The standard InChI is InChI=1S/C25H31N/c1-3-4-19(2)17-20-5-9-22(10-6-20)24-13-15-25(16-14-24)23-11-7-21(18-26)8-12-23/h5-12,19,24-25H,3-4,13-17H2,1-2H3/t19?,24-,25-. The van der Waals surface area contributed by atoms with Crippen LogP contribution < -0.4 is 0 Å². The van der Waals surface area contributed by atoms with Gasteiger partial charge in [-0.15, -0.1) is 0 Å². The Balaban J connectivity index is 1.55. The van der Waals surface area contributed by atoms with E-state index >= 15 is 0 Å². The van der Waals surface area contributed by atoms with E-state index in [1.165, 1.54) is 61.6 Å². The first kappa shape index (κ1) is 18.7. The minimum atomic E-state index is 0.660. The molecule has 1 nitrogen and oxygen atoms in total. The van der Waals surface area contributed by atoms with Gasteiger partial charge in [-0.1, -0.05) is 63.1 Å². The van der Waals surface area contributed by atoms with Gasteiger partial charge in [-0.2, -0.15) is 5.26 Å². The zero-order valence-electron chi connectivity index (χ0n) is 16.2. The van der Waals surface area contributed by atoms with Crippen LogP contribution in [-0.2, 0) is 6.42 Å². The molecule has 0 N–H and O–H groups in total. The van der Waals surface area contributed by atoms with E-state index in [4.69, 9.17) is 5.26 Å². The SMILES string of the molecule is CCCC(C)Cc1ccc([C@H]2CC[C@H](c3ccc(C#N)cc3)CC2)cc1. The zero-order valence-corrected chi connectivity index (χ0v) is 16.2. The van der Waals surface area contributed by atoms with Crippen molar-refractivity contribution >= 4 is 0 Å². The van der Waals surface area contributed by atoms with Crippen molar-refractivity contribution in [2.75, 3.05) is 0 Å². The van der Waals surface area contributed by atoms with Gasteiger partial charge in [-0.25, -0.2) is 0 Å². The Morgan fingerprint density at radius 2 is 1.38 bits per heavy atom. The molecule has 1 fully saturated rings. The average molecular weight is 346 g/mol. The van der Waals surface area contributed by atoms with Crippen LogP contribution in [0.25, 0.3) is 0 Å². The fraction of sp³-hybridized carbons (Fsp3) is 0.480. The molecule has 1 saturated carbocycles. The summed E-state index contributed by atoms with van der Waals surface area (Å²) in [7, 11) is 0. The minimum Gasteiger partial charge on any atom is -0.192 e. The van der Waals surface area contributed by atoms with Crippen molar-refractivity contribution < 1.29 is 0 Å². The summed E-state index contributed by atoms with van der Waals surface area (Å²) in [4.78, 5) is 0. The summed E-state index contributed by atoms with van der Waals surface area (Å²) in [6.07, 6.45) is 8.87. The van der Waals surface area contributed by atoms with Gasteiger partial charge in [0.2, 0.25) is 0 Å². The molecule has 0 radical (unpaired) electrons. The highest BCUT2D eigenvalue weighted by molar-refractivity contribution is 5.33. The van der Waals surface area contributed by atoms with E-state index in [1.54, 1.807) is 0 Å². The average Bonchev–Trinajstić information content (AvgIpc) is 2.69. The molecule has 1 aliphatic rings. The van der Waals surface area contributed by atoms with Crippen molar-refractivity contribution in [3.05, 3.63) is 70.8 Å². The van der Waals surface area contributed by atoms with Crippen LogP contribution in [-0.4, -0.2) is 0 Å². The molecule has 2 aromatic rings. The molecule has 1 unspecified atom stereocenters. The Morgan fingerprint density at radius 3 is 1.85 bits per heavy atom. The van der Waals surface area contributed by atoms with Crippen molar-refractivity contribution in [1.82, 2.24) is 0 Å². The highest BCUT2D eigenvalue weighted by Gasteiger charge is 2.23. The van der Waals surface area contributed by atoms with Crippen LogP contribution in [0.4, 0.5) is 0 Å². The number of hydrogen-bond donors (Lipinski definition) is 0. The highest BCUT2D eigenvalue weighted by Crippen LogP contribution is 2.40. The van der Waals surface area contributed by atoms with Crippen LogP contribution in [0.1, 0.15) is 86.5 Å². The topological polar surface area (TPSA) is 23.8 Å². The normalized spacial score (nSPS) is 21.1. The quantitative estimate of drug-likeness (QED) is 0.554. The van der Waals surface area contributed by atoms with Gasteiger partial charge < -0.3 is 0 Å². The van der Waals surface area contributed by atoms with Crippen LogP contribution >= 0.6 is 0 Å². The summed E-state index contributed by atoms with van der Waals surface area (Å²) < 4.78 is 0. The fourth-order valence-electron chi connectivity index (χ4n) is 4.51. The van der Waals surface area contributed by atoms with Crippen molar-refractivity contribution in [3.8, 4) is 6.07 Å². The first-order valence-electron chi connectivity index (χ1n) is 10.3. The predicted octanol–water partition coefficient (Wildman–Crippen LogP) is 6.98. The fourth-order valence-corrected chi connectivity index (χ4v) is 4.51. The molecule has 1 heteroatoms. The molecule has 1 aliphatic carbocycles. The lowest BCUT2D eigenvalue weighted by atomic mass is 9.76. The lowest BCUT2D eigenvalue weighted by molar-refractivity contribution is 0.396. The second kappa shape index (κ2) is 9.04. The van der Waals surface area contributed by atoms with Gasteiger partial charge in [0.1, 0.15) is 0 Å². The van der Waals surface area contributed by atoms with Gasteiger partial charge in [0.05, 0.1) is 11.6 Å². The summed E-state index contributed by atoms with van der Waals surface area (Å²) in [5, 5.41) is 8.94. The summed E-state index contributed by atoms with van der Waals surface area (Å²) >= 11 is 0. The molecule has 0 heterocycles. The van der Waals surface area contributed by atoms with Gasteiger partial charge in [-0.05, 0) is 78.7 Å². The van der Waals surface area contributed by atoms with E-state index in [9.17, 15) is 0 Å². The highest BCUT2D eigenvalue weighted by atomic mass is 14.3. The molecule has 0 spiro atoms. The third kappa shape index (κ3) is 4.76. The molecule has 136 valence electrons. The van der Waals surface area contributed by atoms with Crippen molar-refractivity contribution in [1.29, 1.82) is 5.26 Å². The molecule has 0 saturated heterocycles. The molecule has 0 bridgehead atoms. The van der Waals surface area contributed by atoms with Crippen molar-refractivity contribution in [2.24, 2.45) is 5.92 Å². The lowest BCUT2D eigenvalue weighted by Crippen LogP contribution is -2.12. The van der Waals surface area contributed by atoms with Gasteiger partial charge in [0, 0.05) is 0 Å². The minimum absolute atomic E-state index is 0.660. The summed E-state index contributed by atoms with van der Waals surface area (Å²) in [5.41, 5.74) is 5.18. The predicted molar refractivity (Wildman–Crippen MR) is 109 cm³/mol. The second-order valence-corrected chi connectivity index (χ2v) is 8.12. The van der Waals surface area contributed by atoms with E-state index < -0.39 is 0 Å². The zero-order chi connectivity index (χ0) is 18.4. The first-order valence-corrected chi connectivity index (χ1v) is 10.3. The van der Waals surface area contributed by atoms with Crippen LogP contribution in [0.15, 0.2) is 48.5 Å². The summed E-state index contributed by atoms with van der Waals surface area (Å²) in [5.74, 6) is 2.16. The number of nitrogens with zero attached hydrogens (tertiary/aromatic N) is 1. The molecule has 1 atom stereocenters. The number of benzene rings is 2. The van der Waals surface area contributed by atoms with E-state index in [0.29, 0.717) is 11.8 Å². The third-order valence-corrected chi connectivity index (χ3v) is 6.06. The van der Waals surface area contributed by atoms with Gasteiger partial charge in [-0.3, -0.25) is 0 Å². The van der Waals surface area contributed by atoms with E-state index in [1.807, 2.05) is 12.1 Å². The Hall–Kier alpha value is -2.07. The second-order valence-electron chi connectivity index (χ2n) is 8.12. The molecule has 26 heavy (non-hydrogen) atoms. The van der Waals surface area contributed by atoms with Crippen LogP contribution in [0.5, 0.6) is 0 Å². The smallest absolute Gasteiger partial charge is 0.0991 e. The summed E-state index contributed by atoms with van der Waals surface area (Å²) in [6.45, 7) is 4.63. The maximum absolute atomic E-state index is 8.94. The molecule has 0 amide bonds. The molecular formula is C25H31N. The number of rotatable bonds is 6. The van der Waals surface area contributed by atoms with E-state index in [2.05, 4.69) is 56.3 Å². The Morgan fingerprint density at radius 1 is 0.885 bits per heavy atom. The van der Waals surface area contributed by atoms with E-state index in [0.717, 1.165) is 11.5 Å². The molecule has 0 aromatic heterocycles. The van der Waals surface area contributed by atoms with Gasteiger partial charge >= 0.3 is 0 Å². The first-order chi connectivity index (χ1) is 12.7. The lowest BCUT2D eigenvalue weighted by Gasteiger charge is -2.29. The Bertz CT molecular complexity index is 712. The molecular weight excluding hydrogens is 314 g/mol. The van der Waals surface area contributed by atoms with E-state index in [-0.39, 0.29) is 0 Å². The van der Waals surface area contributed by atoms with Gasteiger partial charge in [0.25, 0.3) is 0 Å². The summed E-state index contributed by atoms with van der Waals surface area (Å²) in [6, 6.07) is 19.9. The van der Waals surface area contributed by atoms with Crippen LogP contribution in [0, 0.1) is 17.2 Å². The van der Waals surface area contributed by atoms with Crippen LogP contribution in [0.2, 0.25) is 0 Å². The van der Waals surface area contributed by atoms with Crippen LogP contribution in [0.3, 0.4) is 0 Å². The monoisotopic (exact) mass is 345 g/mol. The van der Waals surface area contributed by atoms with Crippen molar-refractivity contribution in [3.63, 3.8) is 0 Å². The largest absolute Gasteiger partial charge is 0.192 e. The molecule has 0 aliphatic heterocycles. The molecule has 3 rings (SSSR count). The molecule has 2 aromatic carbocycles. The third-order valence-electron chi connectivity index (χ3n) is 6.06. The Labute approximate surface area is 159 Å².